The summed E-state index contributed by atoms with van der Waals surface area (Å²) in [6, 6.07) is 6.23. The van der Waals surface area contributed by atoms with Crippen LogP contribution in [0.3, 0.4) is 0 Å². The normalized spacial score (nSPS) is 18.4. The second-order valence-electron chi connectivity index (χ2n) is 5.15. The summed E-state index contributed by atoms with van der Waals surface area (Å²) in [4.78, 5) is 0. The minimum Gasteiger partial charge on any atom is -0.398 e. The van der Waals surface area contributed by atoms with Crippen LogP contribution in [0.1, 0.15) is 18.4 Å². The zero-order valence-electron chi connectivity index (χ0n) is 11.4. The first-order chi connectivity index (χ1) is 8.86. The average molecular weight is 283 g/mol. The van der Waals surface area contributed by atoms with Gasteiger partial charge in [0.05, 0.1) is 6.26 Å². The van der Waals surface area contributed by atoms with E-state index in [9.17, 15) is 8.42 Å². The molecule has 3 N–H and O–H groups in total. The number of hydrogen-bond acceptors (Lipinski definition) is 4. The topological polar surface area (TPSA) is 75.4 Å². The molecule has 0 aromatic heterocycles. The SMILES string of the molecule is Cc1ccc(NC2CCN(S(C)(=O)=O)CC2)cc1N. The van der Waals surface area contributed by atoms with Crippen LogP contribution < -0.4 is 11.1 Å². The molecule has 1 fully saturated rings. The van der Waals surface area contributed by atoms with E-state index < -0.39 is 10.0 Å². The molecule has 1 aromatic carbocycles. The van der Waals surface area contributed by atoms with Gasteiger partial charge in [0.25, 0.3) is 0 Å². The zero-order chi connectivity index (χ0) is 14.0. The van der Waals surface area contributed by atoms with E-state index >= 15 is 0 Å². The van der Waals surface area contributed by atoms with Gasteiger partial charge in [0.2, 0.25) is 10.0 Å². The molecule has 0 aliphatic carbocycles. The second-order valence-corrected chi connectivity index (χ2v) is 7.13. The van der Waals surface area contributed by atoms with Crippen molar-refractivity contribution >= 4 is 21.4 Å². The highest BCUT2D eigenvalue weighted by Gasteiger charge is 2.24. The van der Waals surface area contributed by atoms with Crippen LogP contribution in [0, 0.1) is 6.92 Å². The van der Waals surface area contributed by atoms with E-state index in [2.05, 4.69) is 5.32 Å². The summed E-state index contributed by atoms with van der Waals surface area (Å²) in [6.07, 6.45) is 2.91. The van der Waals surface area contributed by atoms with Gasteiger partial charge in [-0.15, -0.1) is 0 Å². The van der Waals surface area contributed by atoms with E-state index in [1.807, 2.05) is 25.1 Å². The van der Waals surface area contributed by atoms with Gasteiger partial charge in [0, 0.05) is 30.5 Å². The van der Waals surface area contributed by atoms with Gasteiger partial charge < -0.3 is 11.1 Å². The predicted molar refractivity (Wildman–Crippen MR) is 78.7 cm³/mol. The van der Waals surface area contributed by atoms with Crippen molar-refractivity contribution in [3.63, 3.8) is 0 Å². The van der Waals surface area contributed by atoms with Crippen molar-refractivity contribution in [1.82, 2.24) is 4.31 Å². The Kier molecular flexibility index (Phi) is 4.01. The van der Waals surface area contributed by atoms with E-state index in [4.69, 9.17) is 5.73 Å². The minimum absolute atomic E-state index is 0.306. The number of nitrogens with two attached hydrogens (primary N) is 1. The quantitative estimate of drug-likeness (QED) is 0.823. The fourth-order valence-corrected chi connectivity index (χ4v) is 3.17. The Morgan fingerprint density at radius 3 is 2.47 bits per heavy atom. The Labute approximate surface area is 114 Å². The van der Waals surface area contributed by atoms with E-state index in [0.29, 0.717) is 19.1 Å². The van der Waals surface area contributed by atoms with Crippen molar-refractivity contribution in [1.29, 1.82) is 0 Å². The number of benzene rings is 1. The number of nitrogen functional groups attached to an aromatic ring is 1. The fourth-order valence-electron chi connectivity index (χ4n) is 2.30. The predicted octanol–water partition coefficient (Wildman–Crippen LogP) is 1.41. The number of piperidine rings is 1. The Hall–Kier alpha value is -1.27. The van der Waals surface area contributed by atoms with Crippen LogP contribution in [0.4, 0.5) is 11.4 Å². The molecule has 19 heavy (non-hydrogen) atoms. The zero-order valence-corrected chi connectivity index (χ0v) is 12.2. The Morgan fingerprint density at radius 1 is 1.32 bits per heavy atom. The van der Waals surface area contributed by atoms with Gasteiger partial charge in [-0.3, -0.25) is 0 Å². The summed E-state index contributed by atoms with van der Waals surface area (Å²) >= 11 is 0. The molecule has 2 rings (SSSR count). The molecule has 1 aliphatic rings. The molecule has 5 nitrogen and oxygen atoms in total. The van der Waals surface area contributed by atoms with Gasteiger partial charge in [-0.05, 0) is 37.5 Å². The third kappa shape index (κ3) is 3.61. The maximum atomic E-state index is 11.4. The molecule has 1 saturated heterocycles. The monoisotopic (exact) mass is 283 g/mol. The largest absolute Gasteiger partial charge is 0.398 e. The Bertz CT molecular complexity index is 549. The molecule has 0 amide bonds. The van der Waals surface area contributed by atoms with E-state index in [1.54, 1.807) is 0 Å². The third-order valence-corrected chi connectivity index (χ3v) is 4.88. The van der Waals surface area contributed by atoms with Crippen LogP contribution in [0.25, 0.3) is 0 Å². The number of hydrogen-bond donors (Lipinski definition) is 2. The lowest BCUT2D eigenvalue weighted by Crippen LogP contribution is -2.41. The molecule has 0 radical (unpaired) electrons. The number of sulfonamides is 1. The summed E-state index contributed by atoms with van der Waals surface area (Å²) < 4.78 is 24.4. The van der Waals surface area contributed by atoms with Crippen molar-refractivity contribution in [2.24, 2.45) is 0 Å². The van der Waals surface area contributed by atoms with Crippen molar-refractivity contribution < 1.29 is 8.42 Å². The van der Waals surface area contributed by atoms with Crippen molar-refractivity contribution in [3.05, 3.63) is 23.8 Å². The molecule has 106 valence electrons. The molecule has 0 atom stereocenters. The molecule has 0 unspecified atom stereocenters. The van der Waals surface area contributed by atoms with Crippen LogP contribution in [-0.2, 0) is 10.0 Å². The minimum atomic E-state index is -3.05. The Morgan fingerprint density at radius 2 is 1.95 bits per heavy atom. The average Bonchev–Trinajstić information content (AvgIpc) is 2.33. The highest BCUT2D eigenvalue weighted by molar-refractivity contribution is 7.88. The molecule has 1 aliphatic heterocycles. The smallest absolute Gasteiger partial charge is 0.211 e. The van der Waals surface area contributed by atoms with Gasteiger partial charge in [0.1, 0.15) is 0 Å². The van der Waals surface area contributed by atoms with Gasteiger partial charge in [-0.1, -0.05) is 6.07 Å². The van der Waals surface area contributed by atoms with Gasteiger partial charge >= 0.3 is 0 Å². The van der Waals surface area contributed by atoms with Crippen LogP contribution in [-0.4, -0.2) is 38.1 Å². The van der Waals surface area contributed by atoms with Crippen LogP contribution in [0.2, 0.25) is 0 Å². The number of nitrogens with zero attached hydrogens (tertiary/aromatic N) is 1. The molecule has 0 bridgehead atoms. The summed E-state index contributed by atoms with van der Waals surface area (Å²) in [6.45, 7) is 3.14. The summed E-state index contributed by atoms with van der Waals surface area (Å²) in [5, 5.41) is 3.42. The standard InChI is InChI=1S/C13H21N3O2S/c1-10-3-4-12(9-13(10)14)15-11-5-7-16(8-6-11)19(2,17)18/h3-4,9,11,15H,5-8,14H2,1-2H3. The third-order valence-electron chi connectivity index (χ3n) is 3.57. The molecule has 1 aromatic rings. The first kappa shape index (κ1) is 14.1. The number of nitrogens with one attached hydrogen (secondary N) is 1. The first-order valence-electron chi connectivity index (χ1n) is 6.44. The molecular formula is C13H21N3O2S. The summed E-state index contributed by atoms with van der Waals surface area (Å²) in [5.74, 6) is 0. The molecule has 0 spiro atoms. The highest BCUT2D eigenvalue weighted by atomic mass is 32.2. The molecule has 6 heteroatoms. The second kappa shape index (κ2) is 5.38. The molecular weight excluding hydrogens is 262 g/mol. The lowest BCUT2D eigenvalue weighted by molar-refractivity contribution is 0.332. The summed E-state index contributed by atoms with van der Waals surface area (Å²) in [7, 11) is -3.05. The van der Waals surface area contributed by atoms with Gasteiger partial charge in [0.15, 0.2) is 0 Å². The van der Waals surface area contributed by atoms with Crippen molar-refractivity contribution in [2.45, 2.75) is 25.8 Å². The van der Waals surface area contributed by atoms with E-state index in [-0.39, 0.29) is 0 Å². The number of anilines is 2. The van der Waals surface area contributed by atoms with E-state index in [0.717, 1.165) is 29.8 Å². The lowest BCUT2D eigenvalue weighted by atomic mass is 10.1. The lowest BCUT2D eigenvalue weighted by Gasteiger charge is -2.31. The first-order valence-corrected chi connectivity index (χ1v) is 8.29. The van der Waals surface area contributed by atoms with Crippen molar-refractivity contribution in [2.75, 3.05) is 30.4 Å². The van der Waals surface area contributed by atoms with Crippen LogP contribution in [0.15, 0.2) is 18.2 Å². The maximum Gasteiger partial charge on any atom is 0.211 e. The molecule has 0 saturated carbocycles. The maximum absolute atomic E-state index is 11.4. The fraction of sp³-hybridized carbons (Fsp3) is 0.538. The van der Waals surface area contributed by atoms with Crippen molar-refractivity contribution in [3.8, 4) is 0 Å². The summed E-state index contributed by atoms with van der Waals surface area (Å²) in [5.41, 5.74) is 8.72. The Balaban J connectivity index is 1.94. The molecule has 1 heterocycles. The van der Waals surface area contributed by atoms with Crippen LogP contribution >= 0.6 is 0 Å². The number of aryl methyl sites for hydroxylation is 1. The van der Waals surface area contributed by atoms with Crippen LogP contribution in [0.5, 0.6) is 0 Å². The van der Waals surface area contributed by atoms with E-state index in [1.165, 1.54) is 10.6 Å². The van der Waals surface area contributed by atoms with Gasteiger partial charge in [-0.2, -0.15) is 0 Å². The van der Waals surface area contributed by atoms with Gasteiger partial charge in [-0.25, -0.2) is 12.7 Å². The highest BCUT2D eigenvalue weighted by Crippen LogP contribution is 2.21. The number of rotatable bonds is 3.